The number of hydrogen-bond acceptors (Lipinski definition) is 4. The number of esters is 1. The fraction of sp³-hybridized carbons (Fsp3) is 0.846. The van der Waals surface area contributed by atoms with Gasteiger partial charge in [0.05, 0.1) is 19.1 Å². The maximum atomic E-state index is 11.6. The van der Waals surface area contributed by atoms with Crippen LogP contribution in [0.4, 0.5) is 0 Å². The van der Waals surface area contributed by atoms with Gasteiger partial charge < -0.3 is 10.1 Å². The van der Waals surface area contributed by atoms with Crippen molar-refractivity contribution in [1.29, 1.82) is 0 Å². The van der Waals surface area contributed by atoms with Crippen molar-refractivity contribution >= 4 is 11.7 Å². The predicted octanol–water partition coefficient (Wildman–Crippen LogP) is 1.40. The molecule has 1 saturated carbocycles. The van der Waals surface area contributed by atoms with Gasteiger partial charge in [0.25, 0.3) is 0 Å². The van der Waals surface area contributed by atoms with Gasteiger partial charge in [-0.15, -0.1) is 0 Å². The summed E-state index contributed by atoms with van der Waals surface area (Å²) in [5, 5.41) is 3.50. The fourth-order valence-electron chi connectivity index (χ4n) is 3.26. The first-order chi connectivity index (χ1) is 8.17. The van der Waals surface area contributed by atoms with E-state index >= 15 is 0 Å². The molecule has 0 radical (unpaired) electrons. The monoisotopic (exact) mass is 238 g/mol. The van der Waals surface area contributed by atoms with Gasteiger partial charge in [0, 0.05) is 17.7 Å². The molecule has 0 aromatic rings. The molecule has 0 unspecified atom stereocenters. The smallest absolute Gasteiger partial charge is 0.308 e. The molecule has 4 nitrogen and oxygen atoms in total. The normalized spacial score (nSPS) is 36.3. The molecule has 2 rings (SSSR count). The summed E-state index contributed by atoms with van der Waals surface area (Å²) >= 11 is 0. The second kappa shape index (κ2) is 5.17. The van der Waals surface area contributed by atoms with Gasteiger partial charge in [-0.3, -0.25) is 9.79 Å². The molecule has 1 fully saturated rings. The van der Waals surface area contributed by atoms with Gasteiger partial charge in [0.2, 0.25) is 0 Å². The van der Waals surface area contributed by atoms with Crippen molar-refractivity contribution in [3.05, 3.63) is 0 Å². The summed E-state index contributed by atoms with van der Waals surface area (Å²) < 4.78 is 4.84. The molecular weight excluding hydrogens is 216 g/mol. The van der Waals surface area contributed by atoms with Crippen LogP contribution in [0.15, 0.2) is 4.99 Å². The van der Waals surface area contributed by atoms with Gasteiger partial charge in [-0.2, -0.15) is 0 Å². The first-order valence-electron chi connectivity index (χ1n) is 6.52. The van der Waals surface area contributed by atoms with Gasteiger partial charge in [-0.05, 0) is 32.7 Å². The standard InChI is InChI=1S/C13H22N2O2/c1-4-14-12-8(2)15-11-7-9(13(16)17-3)5-6-10(11)12/h9-12,14H,4-7H2,1-3H3/t9-,10-,11-,12+/m0/s1. The highest BCUT2D eigenvalue weighted by Crippen LogP contribution is 2.37. The second-order valence-electron chi connectivity index (χ2n) is 5.07. The lowest BCUT2D eigenvalue weighted by Gasteiger charge is -2.32. The minimum Gasteiger partial charge on any atom is -0.469 e. The maximum absolute atomic E-state index is 11.6. The Kier molecular flexibility index (Phi) is 3.82. The first-order valence-corrected chi connectivity index (χ1v) is 6.52. The van der Waals surface area contributed by atoms with Crippen molar-refractivity contribution in [1.82, 2.24) is 5.32 Å². The number of rotatable bonds is 3. The molecule has 0 aromatic carbocycles. The number of nitrogens with one attached hydrogen (secondary N) is 1. The van der Waals surface area contributed by atoms with Crippen molar-refractivity contribution < 1.29 is 9.53 Å². The van der Waals surface area contributed by atoms with Crippen LogP contribution in [0.3, 0.4) is 0 Å². The van der Waals surface area contributed by atoms with Crippen LogP contribution in [0.5, 0.6) is 0 Å². The van der Waals surface area contributed by atoms with Gasteiger partial charge >= 0.3 is 5.97 Å². The van der Waals surface area contributed by atoms with E-state index in [0.29, 0.717) is 18.0 Å². The summed E-state index contributed by atoms with van der Waals surface area (Å²) in [7, 11) is 1.47. The van der Waals surface area contributed by atoms with Gasteiger partial charge in [0.15, 0.2) is 0 Å². The minimum absolute atomic E-state index is 0.0539. The molecule has 17 heavy (non-hydrogen) atoms. The maximum Gasteiger partial charge on any atom is 0.308 e. The average Bonchev–Trinajstić information content (AvgIpc) is 2.64. The van der Waals surface area contributed by atoms with Crippen molar-refractivity contribution in [3.8, 4) is 0 Å². The van der Waals surface area contributed by atoms with Crippen molar-refractivity contribution in [2.45, 2.75) is 45.2 Å². The van der Waals surface area contributed by atoms with E-state index in [2.05, 4.69) is 19.2 Å². The minimum atomic E-state index is -0.0665. The first kappa shape index (κ1) is 12.6. The van der Waals surface area contributed by atoms with E-state index in [1.54, 1.807) is 0 Å². The SMILES string of the molecule is CCN[C@@H]1C(C)=N[C@H]2C[C@@H](C(=O)OC)CC[C@@H]21. The lowest BCUT2D eigenvalue weighted by atomic mass is 9.76. The molecule has 0 bridgehead atoms. The highest BCUT2D eigenvalue weighted by Gasteiger charge is 2.42. The Balaban J connectivity index is 2.02. The van der Waals surface area contributed by atoms with E-state index in [0.717, 1.165) is 25.8 Å². The zero-order valence-electron chi connectivity index (χ0n) is 10.9. The zero-order chi connectivity index (χ0) is 12.4. The predicted molar refractivity (Wildman–Crippen MR) is 67.2 cm³/mol. The highest BCUT2D eigenvalue weighted by molar-refractivity contribution is 5.89. The van der Waals surface area contributed by atoms with Crippen LogP contribution in [0.2, 0.25) is 0 Å². The van der Waals surface area contributed by atoms with E-state index in [1.165, 1.54) is 12.8 Å². The quantitative estimate of drug-likeness (QED) is 0.756. The van der Waals surface area contributed by atoms with Crippen molar-refractivity contribution in [2.75, 3.05) is 13.7 Å². The number of hydrogen-bond donors (Lipinski definition) is 1. The number of methoxy groups -OCH3 is 1. The summed E-state index contributed by atoms with van der Waals surface area (Å²) in [4.78, 5) is 16.3. The Bertz CT molecular complexity index is 327. The van der Waals surface area contributed by atoms with Crippen LogP contribution in [-0.4, -0.2) is 37.4 Å². The Morgan fingerprint density at radius 2 is 2.29 bits per heavy atom. The Hall–Kier alpha value is -0.900. The molecule has 0 amide bonds. The number of aliphatic imine (C=N–C) groups is 1. The van der Waals surface area contributed by atoms with Crippen LogP contribution in [-0.2, 0) is 9.53 Å². The van der Waals surface area contributed by atoms with Gasteiger partial charge in [-0.1, -0.05) is 6.92 Å². The van der Waals surface area contributed by atoms with Crippen molar-refractivity contribution in [2.24, 2.45) is 16.8 Å². The fourth-order valence-corrected chi connectivity index (χ4v) is 3.26. The van der Waals surface area contributed by atoms with E-state index in [4.69, 9.17) is 9.73 Å². The molecule has 0 saturated heterocycles. The largest absolute Gasteiger partial charge is 0.469 e. The van der Waals surface area contributed by atoms with Crippen LogP contribution >= 0.6 is 0 Å². The molecule has 1 aliphatic carbocycles. The van der Waals surface area contributed by atoms with Gasteiger partial charge in [0.1, 0.15) is 0 Å². The van der Waals surface area contributed by atoms with E-state index in [9.17, 15) is 4.79 Å². The number of nitrogens with zero attached hydrogens (tertiary/aromatic N) is 1. The summed E-state index contributed by atoms with van der Waals surface area (Å²) in [6.45, 7) is 5.20. The lowest BCUT2D eigenvalue weighted by Crippen LogP contribution is -2.43. The Labute approximate surface area is 103 Å². The number of carbonyl (C=O) groups excluding carboxylic acids is 1. The molecule has 0 aromatic heterocycles. The van der Waals surface area contributed by atoms with Gasteiger partial charge in [-0.25, -0.2) is 0 Å². The molecule has 1 N–H and O–H groups in total. The van der Waals surface area contributed by atoms with Crippen LogP contribution < -0.4 is 5.32 Å². The van der Waals surface area contributed by atoms with E-state index in [1.807, 2.05) is 0 Å². The molecular formula is C13H22N2O2. The molecule has 4 heteroatoms. The number of fused-ring (bicyclic) bond motifs is 1. The third-order valence-corrected chi connectivity index (χ3v) is 4.07. The highest BCUT2D eigenvalue weighted by atomic mass is 16.5. The molecule has 0 spiro atoms. The van der Waals surface area contributed by atoms with Crippen molar-refractivity contribution in [3.63, 3.8) is 0 Å². The van der Waals surface area contributed by atoms with Crippen LogP contribution in [0.25, 0.3) is 0 Å². The second-order valence-corrected chi connectivity index (χ2v) is 5.07. The van der Waals surface area contributed by atoms with E-state index < -0.39 is 0 Å². The summed E-state index contributed by atoms with van der Waals surface area (Å²) in [5.41, 5.74) is 1.20. The van der Waals surface area contributed by atoms with E-state index in [-0.39, 0.29) is 11.9 Å². The molecule has 2 aliphatic rings. The topological polar surface area (TPSA) is 50.7 Å². The third kappa shape index (κ3) is 2.37. The zero-order valence-corrected chi connectivity index (χ0v) is 10.9. The number of carbonyl (C=O) groups is 1. The Morgan fingerprint density at radius 1 is 1.53 bits per heavy atom. The van der Waals surface area contributed by atoms with Crippen LogP contribution in [0, 0.1) is 11.8 Å². The molecule has 1 heterocycles. The summed E-state index contributed by atoms with van der Waals surface area (Å²) in [6.07, 6.45) is 2.87. The number of ether oxygens (including phenoxy) is 1. The molecule has 96 valence electrons. The summed E-state index contributed by atoms with van der Waals surface area (Å²) in [6, 6.07) is 0.737. The lowest BCUT2D eigenvalue weighted by molar-refractivity contribution is -0.147. The molecule has 4 atom stereocenters. The summed E-state index contributed by atoms with van der Waals surface area (Å²) in [5.74, 6) is 0.567. The third-order valence-electron chi connectivity index (χ3n) is 4.07. The Morgan fingerprint density at radius 3 is 2.94 bits per heavy atom. The van der Waals surface area contributed by atoms with Crippen LogP contribution in [0.1, 0.15) is 33.1 Å². The molecule has 1 aliphatic heterocycles. The average molecular weight is 238 g/mol.